The fourth-order valence-corrected chi connectivity index (χ4v) is 18.1. The van der Waals surface area contributed by atoms with Crippen LogP contribution < -0.4 is 0 Å². The molecule has 0 saturated heterocycles. The van der Waals surface area contributed by atoms with Gasteiger partial charge in [-0.2, -0.15) is 0 Å². The molecule has 99 valence electrons. The van der Waals surface area contributed by atoms with E-state index in [-0.39, 0.29) is 0 Å². The van der Waals surface area contributed by atoms with Crippen molar-refractivity contribution in [2.45, 2.75) is 50.6 Å². The molecule has 19 heavy (non-hydrogen) atoms. The summed E-state index contributed by atoms with van der Waals surface area (Å²) in [5, 5.41) is 1.89. The fraction of sp³-hybridized carbons (Fsp3) is 0.471. The highest BCUT2D eigenvalue weighted by Gasteiger charge is 2.68. The van der Waals surface area contributed by atoms with Crippen molar-refractivity contribution in [2.75, 3.05) is 0 Å². The van der Waals surface area contributed by atoms with E-state index in [1.165, 1.54) is 6.42 Å². The number of allylic oxidation sites excluding steroid dienone is 2. The van der Waals surface area contributed by atoms with Crippen LogP contribution in [0.4, 0.5) is 0 Å². The summed E-state index contributed by atoms with van der Waals surface area (Å²) in [7, 11) is -2.42. The molecule has 2 unspecified atom stereocenters. The molecule has 2 atom stereocenters. The molecular weight excluding hydrogens is 260 g/mol. The molecule has 3 aliphatic rings. The van der Waals surface area contributed by atoms with E-state index in [1.54, 1.807) is 16.7 Å². The standard InChI is InChI=1S/C17H23Si2/c1-6-13-16-14-11-9-7-8-10-12(11)15(18(13,2)3)17(14)19(16,4)5/h7-10,13,16H,6H2,1-5H3. The highest BCUT2D eigenvalue weighted by molar-refractivity contribution is 7.03. The maximum atomic E-state index is 2.63. The Hall–Kier alpha value is -0.606. The van der Waals surface area contributed by atoms with Crippen LogP contribution in [-0.4, -0.2) is 16.1 Å². The smallest absolute Gasteiger partial charge is 0.0681 e. The third-order valence-electron chi connectivity index (χ3n) is 6.15. The Labute approximate surface area is 119 Å². The molecule has 2 heterocycles. The van der Waals surface area contributed by atoms with Crippen LogP contribution in [0.25, 0.3) is 5.57 Å². The van der Waals surface area contributed by atoms with E-state index in [0.29, 0.717) is 0 Å². The van der Waals surface area contributed by atoms with Crippen LogP contribution in [-0.2, 0) is 0 Å². The molecule has 4 bridgehead atoms. The van der Waals surface area contributed by atoms with Crippen LogP contribution in [0.2, 0.25) is 37.3 Å². The fourth-order valence-electron chi connectivity index (χ4n) is 5.49. The molecule has 0 amide bonds. The minimum absolute atomic E-state index is 0.960. The highest BCUT2D eigenvalue weighted by Crippen LogP contribution is 2.74. The minimum atomic E-state index is -1.27. The molecule has 1 aromatic carbocycles. The first-order valence-electron chi connectivity index (χ1n) is 7.64. The largest absolute Gasteiger partial charge is 0.0840 e. The SMILES string of the molecule is CCC1C2C3=C([C](c4ccccc43)[Si]1(C)C)[Si]2(C)C. The van der Waals surface area contributed by atoms with Crippen molar-refractivity contribution < 1.29 is 0 Å². The molecule has 1 aromatic rings. The van der Waals surface area contributed by atoms with Gasteiger partial charge in [0.25, 0.3) is 0 Å². The van der Waals surface area contributed by atoms with Crippen LogP contribution >= 0.6 is 0 Å². The lowest BCUT2D eigenvalue weighted by Crippen LogP contribution is -2.61. The summed E-state index contributed by atoms with van der Waals surface area (Å²) >= 11 is 0. The second-order valence-corrected chi connectivity index (χ2v) is 16.9. The summed E-state index contributed by atoms with van der Waals surface area (Å²) in [5.41, 5.74) is 8.85. The lowest BCUT2D eigenvalue weighted by Gasteiger charge is -2.61. The average molecular weight is 284 g/mol. The zero-order valence-electron chi connectivity index (χ0n) is 12.7. The summed E-state index contributed by atoms with van der Waals surface area (Å²) < 4.78 is 0. The van der Waals surface area contributed by atoms with Crippen molar-refractivity contribution in [3.63, 3.8) is 0 Å². The van der Waals surface area contributed by atoms with Gasteiger partial charge < -0.3 is 0 Å². The number of fused-ring (bicyclic) bond motifs is 2. The predicted octanol–water partition coefficient (Wildman–Crippen LogP) is 5.05. The minimum Gasteiger partial charge on any atom is -0.0681 e. The van der Waals surface area contributed by atoms with Gasteiger partial charge in [-0.25, -0.2) is 0 Å². The van der Waals surface area contributed by atoms with E-state index < -0.39 is 16.1 Å². The van der Waals surface area contributed by atoms with Gasteiger partial charge in [-0.3, -0.25) is 0 Å². The summed E-state index contributed by atoms with van der Waals surface area (Å²) in [6, 6.07) is 9.26. The summed E-state index contributed by atoms with van der Waals surface area (Å²) in [5.74, 6) is 0. The van der Waals surface area contributed by atoms with E-state index in [0.717, 1.165) is 11.1 Å². The topological polar surface area (TPSA) is 0 Å². The van der Waals surface area contributed by atoms with Crippen molar-refractivity contribution in [3.8, 4) is 0 Å². The van der Waals surface area contributed by atoms with Crippen LogP contribution in [0.1, 0.15) is 24.5 Å². The van der Waals surface area contributed by atoms with Crippen molar-refractivity contribution in [2.24, 2.45) is 0 Å². The zero-order valence-corrected chi connectivity index (χ0v) is 14.7. The Bertz CT molecular complexity index is 609. The monoisotopic (exact) mass is 283 g/mol. The molecular formula is C17H23Si2. The molecule has 0 aromatic heterocycles. The van der Waals surface area contributed by atoms with E-state index in [2.05, 4.69) is 57.4 Å². The molecule has 0 fully saturated rings. The molecule has 0 nitrogen and oxygen atoms in total. The Morgan fingerprint density at radius 2 is 1.58 bits per heavy atom. The maximum absolute atomic E-state index is 2.63. The first-order chi connectivity index (χ1) is 8.92. The molecule has 1 radical (unpaired) electrons. The van der Waals surface area contributed by atoms with Gasteiger partial charge in [0, 0.05) is 5.54 Å². The quantitative estimate of drug-likeness (QED) is 0.633. The molecule has 4 rings (SSSR count). The molecule has 1 aliphatic carbocycles. The first kappa shape index (κ1) is 12.2. The van der Waals surface area contributed by atoms with Crippen molar-refractivity contribution in [3.05, 3.63) is 46.1 Å². The Balaban J connectivity index is 2.02. The third-order valence-corrected chi connectivity index (χ3v) is 15.2. The number of rotatable bonds is 1. The van der Waals surface area contributed by atoms with E-state index in [1.807, 2.05) is 10.7 Å². The van der Waals surface area contributed by atoms with Gasteiger partial charge in [0.1, 0.15) is 0 Å². The summed E-state index contributed by atoms with van der Waals surface area (Å²) in [6.07, 6.45) is 1.38. The summed E-state index contributed by atoms with van der Waals surface area (Å²) in [4.78, 5) is 0. The van der Waals surface area contributed by atoms with Crippen LogP contribution in [0, 0.1) is 5.54 Å². The highest BCUT2D eigenvalue weighted by atomic mass is 28.3. The normalized spacial score (nSPS) is 33.1. The van der Waals surface area contributed by atoms with Crippen molar-refractivity contribution in [1.82, 2.24) is 0 Å². The van der Waals surface area contributed by atoms with Crippen LogP contribution in [0.15, 0.2) is 29.5 Å². The molecule has 0 N–H and O–H groups in total. The molecule has 0 spiro atoms. The van der Waals surface area contributed by atoms with Gasteiger partial charge in [0.15, 0.2) is 0 Å². The van der Waals surface area contributed by atoms with Gasteiger partial charge >= 0.3 is 0 Å². The lowest BCUT2D eigenvalue weighted by molar-refractivity contribution is 0.738. The van der Waals surface area contributed by atoms with Crippen molar-refractivity contribution in [1.29, 1.82) is 0 Å². The number of hydrogen-bond acceptors (Lipinski definition) is 0. The van der Waals surface area contributed by atoms with Crippen molar-refractivity contribution >= 4 is 21.7 Å². The van der Waals surface area contributed by atoms with Gasteiger partial charge in [0.05, 0.1) is 16.1 Å². The maximum Gasteiger partial charge on any atom is 0.0840 e. The summed E-state index contributed by atoms with van der Waals surface area (Å²) in [6.45, 7) is 12.9. The molecule has 0 saturated carbocycles. The zero-order chi connectivity index (χ0) is 13.6. The van der Waals surface area contributed by atoms with E-state index in [9.17, 15) is 0 Å². The Kier molecular flexibility index (Phi) is 2.14. The van der Waals surface area contributed by atoms with Gasteiger partial charge in [-0.05, 0) is 27.8 Å². The number of benzene rings is 1. The molecule has 2 aliphatic heterocycles. The lowest BCUT2D eigenvalue weighted by atomic mass is 10.00. The van der Waals surface area contributed by atoms with Gasteiger partial charge in [-0.1, -0.05) is 69.0 Å². The predicted molar refractivity (Wildman–Crippen MR) is 88.5 cm³/mol. The van der Waals surface area contributed by atoms with E-state index in [4.69, 9.17) is 0 Å². The van der Waals surface area contributed by atoms with Gasteiger partial charge in [0.2, 0.25) is 0 Å². The first-order valence-corrected chi connectivity index (χ1v) is 13.8. The average Bonchev–Trinajstić information content (AvgIpc) is 2.65. The number of hydrogen-bond donors (Lipinski definition) is 0. The Morgan fingerprint density at radius 1 is 0.947 bits per heavy atom. The Morgan fingerprint density at radius 3 is 2.21 bits per heavy atom. The third kappa shape index (κ3) is 1.13. The van der Waals surface area contributed by atoms with Crippen LogP contribution in [0.5, 0.6) is 0 Å². The second-order valence-electron chi connectivity index (χ2n) is 7.65. The van der Waals surface area contributed by atoms with Gasteiger partial charge in [-0.15, -0.1) is 0 Å². The van der Waals surface area contributed by atoms with Crippen LogP contribution in [0.3, 0.4) is 0 Å². The van der Waals surface area contributed by atoms with E-state index >= 15 is 0 Å². The molecule has 2 heteroatoms. The second kappa shape index (κ2) is 3.34.